The highest BCUT2D eigenvalue weighted by Crippen LogP contribution is 2.19. The summed E-state index contributed by atoms with van der Waals surface area (Å²) < 4.78 is 1.12. The Morgan fingerprint density at radius 3 is 2.47 bits per heavy atom. The van der Waals surface area contributed by atoms with Crippen molar-refractivity contribution in [1.82, 2.24) is 5.32 Å². The summed E-state index contributed by atoms with van der Waals surface area (Å²) in [5.74, 6) is 0. The SMILES string of the molecule is CCC(NCCCC(C)O)c1ccc(Br)cc1. The smallest absolute Gasteiger partial charge is 0.0512 e. The van der Waals surface area contributed by atoms with Crippen molar-refractivity contribution in [3.8, 4) is 0 Å². The van der Waals surface area contributed by atoms with Gasteiger partial charge in [0.15, 0.2) is 0 Å². The Balaban J connectivity index is 2.40. The summed E-state index contributed by atoms with van der Waals surface area (Å²) in [5.41, 5.74) is 1.33. The molecule has 96 valence electrons. The summed E-state index contributed by atoms with van der Waals surface area (Å²) in [4.78, 5) is 0. The van der Waals surface area contributed by atoms with E-state index in [0.29, 0.717) is 6.04 Å². The Morgan fingerprint density at radius 1 is 1.29 bits per heavy atom. The van der Waals surface area contributed by atoms with Crippen molar-refractivity contribution in [2.75, 3.05) is 6.54 Å². The molecule has 0 aliphatic carbocycles. The number of benzene rings is 1. The molecule has 2 N–H and O–H groups in total. The van der Waals surface area contributed by atoms with Crippen LogP contribution in [-0.4, -0.2) is 17.8 Å². The molecule has 0 aliphatic heterocycles. The highest BCUT2D eigenvalue weighted by molar-refractivity contribution is 9.10. The first-order valence-corrected chi connectivity index (χ1v) is 7.09. The van der Waals surface area contributed by atoms with Crippen LogP contribution in [0.25, 0.3) is 0 Å². The fourth-order valence-corrected chi connectivity index (χ4v) is 2.13. The zero-order chi connectivity index (χ0) is 12.7. The van der Waals surface area contributed by atoms with Crippen LogP contribution in [0.5, 0.6) is 0 Å². The van der Waals surface area contributed by atoms with Gasteiger partial charge in [-0.2, -0.15) is 0 Å². The molecule has 0 bridgehead atoms. The van der Waals surface area contributed by atoms with Crippen molar-refractivity contribution in [1.29, 1.82) is 0 Å². The van der Waals surface area contributed by atoms with E-state index < -0.39 is 0 Å². The van der Waals surface area contributed by atoms with Crippen molar-refractivity contribution >= 4 is 15.9 Å². The molecule has 1 rings (SSSR count). The summed E-state index contributed by atoms with van der Waals surface area (Å²) in [5, 5.41) is 12.7. The fraction of sp³-hybridized carbons (Fsp3) is 0.571. The molecule has 0 amide bonds. The van der Waals surface area contributed by atoms with Crippen LogP contribution in [0.3, 0.4) is 0 Å². The van der Waals surface area contributed by atoms with Gasteiger partial charge in [-0.25, -0.2) is 0 Å². The second-order valence-electron chi connectivity index (χ2n) is 4.46. The third-order valence-electron chi connectivity index (χ3n) is 2.87. The van der Waals surface area contributed by atoms with Gasteiger partial charge in [-0.1, -0.05) is 35.0 Å². The maximum atomic E-state index is 9.19. The minimum atomic E-state index is -0.190. The summed E-state index contributed by atoms with van der Waals surface area (Å²) >= 11 is 3.45. The molecule has 0 radical (unpaired) electrons. The van der Waals surface area contributed by atoms with Gasteiger partial charge in [0.1, 0.15) is 0 Å². The first-order valence-electron chi connectivity index (χ1n) is 6.30. The van der Waals surface area contributed by atoms with Gasteiger partial charge in [0, 0.05) is 10.5 Å². The average molecular weight is 300 g/mol. The Kier molecular flexibility index (Phi) is 6.78. The van der Waals surface area contributed by atoms with Crippen molar-refractivity contribution in [3.63, 3.8) is 0 Å². The Bertz CT molecular complexity index is 311. The first-order chi connectivity index (χ1) is 8.13. The molecule has 2 atom stereocenters. The van der Waals surface area contributed by atoms with Crippen molar-refractivity contribution in [2.24, 2.45) is 0 Å². The summed E-state index contributed by atoms with van der Waals surface area (Å²) in [6, 6.07) is 8.88. The molecule has 0 spiro atoms. The lowest BCUT2D eigenvalue weighted by molar-refractivity contribution is 0.181. The van der Waals surface area contributed by atoms with Gasteiger partial charge in [-0.05, 0) is 50.4 Å². The van der Waals surface area contributed by atoms with Crippen LogP contribution in [0.1, 0.15) is 44.7 Å². The van der Waals surface area contributed by atoms with Crippen LogP contribution in [0.4, 0.5) is 0 Å². The molecule has 0 saturated heterocycles. The van der Waals surface area contributed by atoms with Gasteiger partial charge in [0.25, 0.3) is 0 Å². The highest BCUT2D eigenvalue weighted by Gasteiger charge is 2.07. The Morgan fingerprint density at radius 2 is 1.94 bits per heavy atom. The van der Waals surface area contributed by atoms with Gasteiger partial charge in [0.2, 0.25) is 0 Å². The Labute approximate surface area is 113 Å². The highest BCUT2D eigenvalue weighted by atomic mass is 79.9. The molecule has 0 heterocycles. The lowest BCUT2D eigenvalue weighted by Gasteiger charge is -2.17. The quantitative estimate of drug-likeness (QED) is 0.753. The van der Waals surface area contributed by atoms with E-state index in [1.54, 1.807) is 0 Å². The van der Waals surface area contributed by atoms with E-state index in [9.17, 15) is 5.11 Å². The maximum Gasteiger partial charge on any atom is 0.0512 e. The van der Waals surface area contributed by atoms with E-state index in [1.165, 1.54) is 5.56 Å². The zero-order valence-electron chi connectivity index (χ0n) is 10.6. The monoisotopic (exact) mass is 299 g/mol. The van der Waals surface area contributed by atoms with Crippen LogP contribution >= 0.6 is 15.9 Å². The van der Waals surface area contributed by atoms with Gasteiger partial charge < -0.3 is 10.4 Å². The normalized spacial score (nSPS) is 14.6. The molecule has 0 saturated carbocycles. The van der Waals surface area contributed by atoms with E-state index >= 15 is 0 Å². The molecular formula is C14H22BrNO. The number of rotatable bonds is 7. The number of aliphatic hydroxyl groups is 1. The minimum absolute atomic E-state index is 0.190. The average Bonchev–Trinajstić information content (AvgIpc) is 2.30. The topological polar surface area (TPSA) is 32.3 Å². The third kappa shape index (κ3) is 5.66. The molecule has 3 heteroatoms. The number of nitrogens with one attached hydrogen (secondary N) is 1. The summed E-state index contributed by atoms with van der Waals surface area (Å²) in [7, 11) is 0. The molecule has 2 unspecified atom stereocenters. The summed E-state index contributed by atoms with van der Waals surface area (Å²) in [6.45, 7) is 4.99. The van der Waals surface area contributed by atoms with Crippen LogP contribution in [0, 0.1) is 0 Å². The lowest BCUT2D eigenvalue weighted by atomic mass is 10.0. The van der Waals surface area contributed by atoms with Crippen LogP contribution in [0.2, 0.25) is 0 Å². The van der Waals surface area contributed by atoms with Gasteiger partial charge in [-0.15, -0.1) is 0 Å². The molecule has 17 heavy (non-hydrogen) atoms. The molecular weight excluding hydrogens is 278 g/mol. The predicted molar refractivity (Wildman–Crippen MR) is 76.1 cm³/mol. The van der Waals surface area contributed by atoms with E-state index in [0.717, 1.165) is 30.3 Å². The van der Waals surface area contributed by atoms with Gasteiger partial charge in [-0.3, -0.25) is 0 Å². The minimum Gasteiger partial charge on any atom is -0.393 e. The van der Waals surface area contributed by atoms with E-state index in [4.69, 9.17) is 0 Å². The van der Waals surface area contributed by atoms with E-state index in [1.807, 2.05) is 6.92 Å². The number of hydrogen-bond acceptors (Lipinski definition) is 2. The number of halogens is 1. The predicted octanol–water partition coefficient (Wildman–Crippen LogP) is 3.65. The molecule has 1 aromatic carbocycles. The largest absolute Gasteiger partial charge is 0.393 e. The van der Waals surface area contributed by atoms with Crippen LogP contribution < -0.4 is 5.32 Å². The second kappa shape index (κ2) is 7.85. The Hall–Kier alpha value is -0.380. The third-order valence-corrected chi connectivity index (χ3v) is 3.40. The second-order valence-corrected chi connectivity index (χ2v) is 5.37. The van der Waals surface area contributed by atoms with Gasteiger partial charge in [0.05, 0.1) is 6.10 Å². The van der Waals surface area contributed by atoms with Crippen molar-refractivity contribution < 1.29 is 5.11 Å². The number of hydrogen-bond donors (Lipinski definition) is 2. The van der Waals surface area contributed by atoms with Crippen LogP contribution in [0.15, 0.2) is 28.7 Å². The van der Waals surface area contributed by atoms with E-state index in [2.05, 4.69) is 52.4 Å². The lowest BCUT2D eigenvalue weighted by Crippen LogP contribution is -2.22. The van der Waals surface area contributed by atoms with Crippen molar-refractivity contribution in [2.45, 2.75) is 45.3 Å². The van der Waals surface area contributed by atoms with Crippen LogP contribution in [-0.2, 0) is 0 Å². The molecule has 1 aromatic rings. The number of aliphatic hydroxyl groups excluding tert-OH is 1. The molecule has 0 fully saturated rings. The standard InChI is InChI=1S/C14H22BrNO/c1-3-14(16-10-4-5-11(2)17)12-6-8-13(15)9-7-12/h6-9,11,14,16-17H,3-5,10H2,1-2H3. The molecule has 0 aromatic heterocycles. The first kappa shape index (κ1) is 14.7. The molecule has 2 nitrogen and oxygen atoms in total. The zero-order valence-corrected chi connectivity index (χ0v) is 12.2. The molecule has 0 aliphatic rings. The van der Waals surface area contributed by atoms with Crippen molar-refractivity contribution in [3.05, 3.63) is 34.3 Å². The van der Waals surface area contributed by atoms with Gasteiger partial charge >= 0.3 is 0 Å². The maximum absolute atomic E-state index is 9.19. The fourth-order valence-electron chi connectivity index (χ4n) is 1.87. The summed E-state index contributed by atoms with van der Waals surface area (Å²) in [6.07, 6.45) is 2.77. The van der Waals surface area contributed by atoms with E-state index in [-0.39, 0.29) is 6.10 Å².